The first-order chi connectivity index (χ1) is 9.90. The van der Waals surface area contributed by atoms with Crippen LogP contribution in [0.1, 0.15) is 45.6 Å². The van der Waals surface area contributed by atoms with E-state index in [2.05, 4.69) is 18.7 Å². The van der Waals surface area contributed by atoms with Crippen LogP contribution in [-0.2, 0) is 6.42 Å². The van der Waals surface area contributed by atoms with E-state index in [9.17, 15) is 10.1 Å². The summed E-state index contributed by atoms with van der Waals surface area (Å²) >= 11 is 0. The lowest BCUT2D eigenvalue weighted by atomic mass is 9.89. The largest absolute Gasteiger partial charge is 0.483 e. The van der Waals surface area contributed by atoms with Gasteiger partial charge in [-0.2, -0.15) is 0 Å². The summed E-state index contributed by atoms with van der Waals surface area (Å²) in [5.41, 5.74) is 2.30. The minimum absolute atomic E-state index is 0. The molecule has 1 aromatic carbocycles. The van der Waals surface area contributed by atoms with Gasteiger partial charge < -0.3 is 15.8 Å². The first-order valence-corrected chi connectivity index (χ1v) is 7.65. The molecular formula is C16H25N3O3. The lowest BCUT2D eigenvalue weighted by Crippen LogP contribution is -2.48. The molecule has 1 aromatic rings. The Hall–Kier alpha value is -1.82. The fourth-order valence-electron chi connectivity index (χ4n) is 3.57. The summed E-state index contributed by atoms with van der Waals surface area (Å²) in [4.78, 5) is 13.3. The number of hydrogen-bond acceptors (Lipinski definition) is 5. The molecule has 0 bridgehead atoms. The van der Waals surface area contributed by atoms with Gasteiger partial charge in [0.15, 0.2) is 0 Å². The molecule has 22 heavy (non-hydrogen) atoms. The fraction of sp³-hybridized carbons (Fsp3) is 0.625. The van der Waals surface area contributed by atoms with Crippen LogP contribution in [0.2, 0.25) is 0 Å². The van der Waals surface area contributed by atoms with Gasteiger partial charge in [0.25, 0.3) is 0 Å². The summed E-state index contributed by atoms with van der Waals surface area (Å²) in [7, 11) is 0. The van der Waals surface area contributed by atoms with Crippen LogP contribution in [0.3, 0.4) is 0 Å². The minimum Gasteiger partial charge on any atom is -0.483 e. The number of hydrogen-bond donors (Lipinski definition) is 1. The third-order valence-electron chi connectivity index (χ3n) is 4.66. The van der Waals surface area contributed by atoms with Gasteiger partial charge in [0.1, 0.15) is 6.10 Å². The maximum atomic E-state index is 11.2. The van der Waals surface area contributed by atoms with Gasteiger partial charge in [-0.05, 0) is 46.1 Å². The lowest BCUT2D eigenvalue weighted by Gasteiger charge is -2.45. The number of benzene rings is 1. The average Bonchev–Trinajstić information content (AvgIpc) is 2.78. The van der Waals surface area contributed by atoms with E-state index < -0.39 is 0 Å². The number of nitrogens with zero attached hydrogens (tertiary/aromatic N) is 2. The molecule has 0 aliphatic carbocycles. The van der Waals surface area contributed by atoms with E-state index in [4.69, 9.17) is 4.74 Å². The molecule has 1 unspecified atom stereocenters. The van der Waals surface area contributed by atoms with Crippen molar-refractivity contribution in [2.75, 3.05) is 11.4 Å². The van der Waals surface area contributed by atoms with Gasteiger partial charge in [-0.25, -0.2) is 0 Å². The van der Waals surface area contributed by atoms with Crippen molar-refractivity contribution in [2.24, 2.45) is 0 Å². The Labute approximate surface area is 131 Å². The molecule has 2 aliphatic heterocycles. The summed E-state index contributed by atoms with van der Waals surface area (Å²) in [5, 5.41) is 11.2. The van der Waals surface area contributed by atoms with E-state index in [0.717, 1.165) is 30.6 Å². The van der Waals surface area contributed by atoms with Gasteiger partial charge >= 0.3 is 5.69 Å². The molecule has 6 heteroatoms. The Balaban J connectivity index is 0.00000176. The normalized spacial score (nSPS) is 22.5. The van der Waals surface area contributed by atoms with Crippen LogP contribution in [0.25, 0.3) is 0 Å². The van der Waals surface area contributed by atoms with Gasteiger partial charge in [0, 0.05) is 35.8 Å². The molecule has 0 saturated carbocycles. The third kappa shape index (κ3) is 2.63. The topological polar surface area (TPSA) is 90.6 Å². The van der Waals surface area contributed by atoms with E-state index in [1.807, 2.05) is 13.0 Å². The van der Waals surface area contributed by atoms with Gasteiger partial charge in [-0.15, -0.1) is 0 Å². The van der Waals surface area contributed by atoms with Crippen molar-refractivity contribution < 1.29 is 9.66 Å². The van der Waals surface area contributed by atoms with Crippen molar-refractivity contribution >= 4 is 11.4 Å². The van der Waals surface area contributed by atoms with Crippen LogP contribution in [0.4, 0.5) is 11.4 Å². The second-order valence-corrected chi connectivity index (χ2v) is 6.72. The van der Waals surface area contributed by atoms with Crippen LogP contribution < -0.4 is 15.8 Å². The molecule has 0 spiro atoms. The highest BCUT2D eigenvalue weighted by Crippen LogP contribution is 2.45. The Bertz CT molecular complexity index is 586. The van der Waals surface area contributed by atoms with Crippen molar-refractivity contribution in [3.8, 4) is 5.75 Å². The number of piperidine rings is 1. The number of ether oxygens (including phenoxy) is 1. The van der Waals surface area contributed by atoms with Gasteiger partial charge in [0.2, 0.25) is 5.75 Å². The maximum Gasteiger partial charge on any atom is 0.311 e. The zero-order valence-electron chi connectivity index (χ0n) is 13.6. The van der Waals surface area contributed by atoms with Crippen LogP contribution in [0.15, 0.2) is 12.1 Å². The molecule has 1 saturated heterocycles. The standard InChI is InChI=1S/C16H22N2O3.H3N/c1-11-10-12-13(17-9-5-4-8-16(17,2)3)6-7-14(18(19)20)15(12)21-11;/h6-7,11H,4-5,8-10H2,1-3H3;1H3. The maximum absolute atomic E-state index is 11.2. The first-order valence-electron chi connectivity index (χ1n) is 7.65. The van der Waals surface area contributed by atoms with Crippen molar-refractivity contribution in [3.05, 3.63) is 27.8 Å². The number of nitro groups is 1. The quantitative estimate of drug-likeness (QED) is 0.662. The molecule has 6 nitrogen and oxygen atoms in total. The second-order valence-electron chi connectivity index (χ2n) is 6.72. The Morgan fingerprint density at radius 1 is 1.36 bits per heavy atom. The summed E-state index contributed by atoms with van der Waals surface area (Å²) in [6.07, 6.45) is 4.32. The Morgan fingerprint density at radius 3 is 2.73 bits per heavy atom. The highest BCUT2D eigenvalue weighted by Gasteiger charge is 2.36. The summed E-state index contributed by atoms with van der Waals surface area (Å²) < 4.78 is 5.73. The predicted octanol–water partition coefficient (Wildman–Crippen LogP) is 3.85. The summed E-state index contributed by atoms with van der Waals surface area (Å²) in [6.45, 7) is 7.47. The van der Waals surface area contributed by atoms with Crippen LogP contribution in [-0.4, -0.2) is 23.1 Å². The molecule has 1 fully saturated rings. The van der Waals surface area contributed by atoms with Crippen molar-refractivity contribution in [1.82, 2.24) is 6.15 Å². The van der Waals surface area contributed by atoms with E-state index in [-0.39, 0.29) is 28.4 Å². The zero-order valence-corrected chi connectivity index (χ0v) is 13.6. The fourth-order valence-corrected chi connectivity index (χ4v) is 3.57. The smallest absolute Gasteiger partial charge is 0.311 e. The molecule has 0 amide bonds. The molecule has 3 N–H and O–H groups in total. The lowest BCUT2D eigenvalue weighted by molar-refractivity contribution is -0.385. The van der Waals surface area contributed by atoms with Crippen LogP contribution in [0.5, 0.6) is 5.75 Å². The van der Waals surface area contributed by atoms with E-state index in [1.165, 1.54) is 12.8 Å². The molecule has 0 radical (unpaired) electrons. The average molecular weight is 307 g/mol. The predicted molar refractivity (Wildman–Crippen MR) is 87.2 cm³/mol. The van der Waals surface area contributed by atoms with Gasteiger partial charge in [0.05, 0.1) is 4.92 Å². The second kappa shape index (κ2) is 5.76. The SMILES string of the molecule is CC1Cc2c(N3CCCCC3(C)C)ccc([N+](=O)[O-])c2O1.N. The van der Waals surface area contributed by atoms with Crippen molar-refractivity contribution in [1.29, 1.82) is 0 Å². The first kappa shape index (κ1) is 16.5. The Kier molecular flexibility index (Phi) is 4.33. The van der Waals surface area contributed by atoms with Crippen molar-refractivity contribution in [3.63, 3.8) is 0 Å². The molecule has 122 valence electrons. The molecule has 1 atom stereocenters. The highest BCUT2D eigenvalue weighted by molar-refractivity contribution is 5.69. The number of nitro benzene ring substituents is 1. The monoisotopic (exact) mass is 307 g/mol. The zero-order chi connectivity index (χ0) is 15.2. The molecule has 0 aromatic heterocycles. The summed E-state index contributed by atoms with van der Waals surface area (Å²) in [6, 6.07) is 3.50. The Morgan fingerprint density at radius 2 is 2.09 bits per heavy atom. The van der Waals surface area contributed by atoms with E-state index in [0.29, 0.717) is 5.75 Å². The van der Waals surface area contributed by atoms with Crippen LogP contribution >= 0.6 is 0 Å². The molecule has 2 heterocycles. The third-order valence-corrected chi connectivity index (χ3v) is 4.66. The molecular weight excluding hydrogens is 282 g/mol. The number of rotatable bonds is 2. The van der Waals surface area contributed by atoms with E-state index in [1.54, 1.807) is 6.07 Å². The molecule has 2 aliphatic rings. The summed E-state index contributed by atoms with van der Waals surface area (Å²) in [5.74, 6) is 0.478. The van der Waals surface area contributed by atoms with Gasteiger partial charge in [-0.1, -0.05) is 0 Å². The number of fused-ring (bicyclic) bond motifs is 1. The minimum atomic E-state index is -0.345. The van der Waals surface area contributed by atoms with Crippen LogP contribution in [0, 0.1) is 10.1 Å². The van der Waals surface area contributed by atoms with Gasteiger partial charge in [-0.3, -0.25) is 10.1 Å². The van der Waals surface area contributed by atoms with Crippen molar-refractivity contribution in [2.45, 2.75) is 58.1 Å². The highest BCUT2D eigenvalue weighted by atomic mass is 16.6. The molecule has 3 rings (SSSR count). The number of anilines is 1. The van der Waals surface area contributed by atoms with E-state index >= 15 is 0 Å².